The fourth-order valence-electron chi connectivity index (χ4n) is 3.54. The third-order valence-electron chi connectivity index (χ3n) is 5.22. The van der Waals surface area contributed by atoms with Gasteiger partial charge >= 0.3 is 5.63 Å². The number of methoxy groups -OCH3 is 2. The molecule has 0 radical (unpaired) electrons. The molecule has 33 heavy (non-hydrogen) atoms. The minimum atomic E-state index is -0.666. The zero-order valence-electron chi connectivity index (χ0n) is 19.0. The van der Waals surface area contributed by atoms with Gasteiger partial charge in [0.2, 0.25) is 0 Å². The highest BCUT2D eigenvalue weighted by atomic mass is 32.1. The van der Waals surface area contributed by atoms with Gasteiger partial charge in [0.15, 0.2) is 16.6 Å². The molecule has 8 nitrogen and oxygen atoms in total. The van der Waals surface area contributed by atoms with E-state index in [4.69, 9.17) is 13.9 Å². The maximum absolute atomic E-state index is 13.6. The maximum atomic E-state index is 13.6. The molecule has 4 rings (SSSR count). The lowest BCUT2D eigenvalue weighted by Gasteiger charge is -2.20. The third kappa shape index (κ3) is 4.69. The van der Waals surface area contributed by atoms with Crippen LogP contribution in [-0.2, 0) is 0 Å². The van der Waals surface area contributed by atoms with Crippen LogP contribution in [0.5, 0.6) is 11.5 Å². The Morgan fingerprint density at radius 2 is 1.79 bits per heavy atom. The van der Waals surface area contributed by atoms with Gasteiger partial charge in [0.1, 0.15) is 11.1 Å². The first-order valence-electron chi connectivity index (χ1n) is 10.4. The predicted molar refractivity (Wildman–Crippen MR) is 130 cm³/mol. The third-order valence-corrected chi connectivity index (χ3v) is 6.26. The van der Waals surface area contributed by atoms with E-state index in [9.17, 15) is 9.59 Å². The molecule has 0 spiro atoms. The Labute approximate surface area is 195 Å². The second kappa shape index (κ2) is 9.60. The van der Waals surface area contributed by atoms with Gasteiger partial charge in [0.25, 0.3) is 5.91 Å². The van der Waals surface area contributed by atoms with Gasteiger partial charge in [0, 0.05) is 24.1 Å². The van der Waals surface area contributed by atoms with Crippen molar-refractivity contribution < 1.29 is 18.7 Å². The molecule has 0 saturated carbocycles. The van der Waals surface area contributed by atoms with Gasteiger partial charge in [-0.3, -0.25) is 9.69 Å². The fraction of sp³-hybridized carbons (Fsp3) is 0.292. The number of amides is 1. The first-order valence-corrected chi connectivity index (χ1v) is 11.2. The van der Waals surface area contributed by atoms with Gasteiger partial charge in [-0.05, 0) is 39.2 Å². The number of fused-ring (bicyclic) bond motifs is 2. The van der Waals surface area contributed by atoms with E-state index in [-0.39, 0.29) is 5.56 Å². The summed E-state index contributed by atoms with van der Waals surface area (Å²) >= 11 is 1.36. The average Bonchev–Trinajstić information content (AvgIpc) is 3.22. The van der Waals surface area contributed by atoms with Crippen LogP contribution in [-0.4, -0.2) is 57.2 Å². The van der Waals surface area contributed by atoms with Crippen LogP contribution in [0.3, 0.4) is 0 Å². The van der Waals surface area contributed by atoms with Crippen LogP contribution >= 0.6 is 11.3 Å². The van der Waals surface area contributed by atoms with Gasteiger partial charge in [0.05, 0.1) is 24.4 Å². The molecule has 0 bridgehead atoms. The van der Waals surface area contributed by atoms with Crippen LogP contribution in [0.4, 0.5) is 5.13 Å². The minimum absolute atomic E-state index is 0.0204. The van der Waals surface area contributed by atoms with Crippen LogP contribution in [0.25, 0.3) is 21.2 Å². The van der Waals surface area contributed by atoms with Crippen molar-refractivity contribution in [1.29, 1.82) is 0 Å². The van der Waals surface area contributed by atoms with Gasteiger partial charge in [-0.15, -0.1) is 0 Å². The number of nitrogens with zero attached hydrogens (tertiary/aromatic N) is 3. The summed E-state index contributed by atoms with van der Waals surface area (Å²) in [4.78, 5) is 34.5. The molecule has 0 unspecified atom stereocenters. The lowest BCUT2D eigenvalue weighted by molar-refractivity contribution is 0.0982. The number of aromatic nitrogens is 1. The first-order chi connectivity index (χ1) is 15.9. The Bertz CT molecular complexity index is 1320. The number of thiazole rings is 1. The number of hydrogen-bond acceptors (Lipinski definition) is 8. The number of anilines is 1. The summed E-state index contributed by atoms with van der Waals surface area (Å²) in [7, 11) is 7.08. The molecule has 0 aliphatic heterocycles. The van der Waals surface area contributed by atoms with Crippen LogP contribution in [0.2, 0.25) is 0 Å². The SMILES string of the molecule is COc1cc2nc(N(CCCN(C)C)C(=O)c3cc4ccccc4oc3=O)sc2cc1OC. The summed E-state index contributed by atoms with van der Waals surface area (Å²) in [6.07, 6.45) is 0.709. The maximum Gasteiger partial charge on any atom is 0.349 e. The standard InChI is InChI=1S/C24H25N3O5S/c1-26(2)10-7-11-27(22(28)16-12-15-8-5-6-9-18(15)32-23(16)29)24-25-17-13-19(30-3)20(31-4)14-21(17)33-24/h5-6,8-9,12-14H,7,10-11H2,1-4H3. The highest BCUT2D eigenvalue weighted by molar-refractivity contribution is 7.22. The second-order valence-corrected chi connectivity index (χ2v) is 8.78. The molecule has 2 heterocycles. The number of rotatable bonds is 8. The zero-order valence-corrected chi connectivity index (χ0v) is 19.8. The second-order valence-electron chi connectivity index (χ2n) is 7.77. The van der Waals surface area contributed by atoms with E-state index in [1.54, 1.807) is 43.4 Å². The highest BCUT2D eigenvalue weighted by Gasteiger charge is 2.25. The summed E-state index contributed by atoms with van der Waals surface area (Å²) in [6, 6.07) is 12.3. The normalized spacial score (nSPS) is 11.3. The molecule has 0 saturated heterocycles. The highest BCUT2D eigenvalue weighted by Crippen LogP contribution is 2.37. The molecule has 172 valence electrons. The summed E-state index contributed by atoms with van der Waals surface area (Å²) in [5.74, 6) is 0.703. The van der Waals surface area contributed by atoms with Crippen LogP contribution in [0.1, 0.15) is 16.8 Å². The predicted octanol–water partition coefficient (Wildman–Crippen LogP) is 4.02. The largest absolute Gasteiger partial charge is 0.493 e. The molecule has 4 aromatic rings. The first kappa shape index (κ1) is 22.8. The topological polar surface area (TPSA) is 85.1 Å². The van der Waals surface area contributed by atoms with Crippen molar-refractivity contribution in [1.82, 2.24) is 9.88 Å². The number of hydrogen-bond donors (Lipinski definition) is 0. The van der Waals surface area contributed by atoms with E-state index >= 15 is 0 Å². The van der Waals surface area contributed by atoms with Gasteiger partial charge in [-0.25, -0.2) is 9.78 Å². The van der Waals surface area contributed by atoms with Crippen molar-refractivity contribution in [3.8, 4) is 11.5 Å². The van der Waals surface area contributed by atoms with E-state index in [1.807, 2.05) is 37.2 Å². The van der Waals surface area contributed by atoms with Crippen molar-refractivity contribution >= 4 is 43.6 Å². The quantitative estimate of drug-likeness (QED) is 0.362. The van der Waals surface area contributed by atoms with Crippen molar-refractivity contribution in [3.05, 3.63) is 58.4 Å². The lowest BCUT2D eigenvalue weighted by atomic mass is 10.1. The Hall–Kier alpha value is -3.43. The van der Waals surface area contributed by atoms with E-state index in [0.717, 1.165) is 11.2 Å². The molecule has 0 fully saturated rings. The lowest BCUT2D eigenvalue weighted by Crippen LogP contribution is -2.36. The molecular formula is C24H25N3O5S. The molecule has 2 aromatic carbocycles. The van der Waals surface area contributed by atoms with Crippen LogP contribution in [0, 0.1) is 0 Å². The van der Waals surface area contributed by atoms with Crippen LogP contribution < -0.4 is 20.0 Å². The molecule has 0 aliphatic carbocycles. The summed E-state index contributed by atoms with van der Waals surface area (Å²) < 4.78 is 17.0. The molecule has 0 N–H and O–H groups in total. The van der Waals surface area contributed by atoms with E-state index < -0.39 is 11.5 Å². The number of carbonyl (C=O) groups is 1. The number of ether oxygens (including phenoxy) is 2. The van der Waals surface area contributed by atoms with Gasteiger partial charge in [-0.1, -0.05) is 29.5 Å². The molecular weight excluding hydrogens is 442 g/mol. The summed E-state index contributed by atoms with van der Waals surface area (Å²) in [5, 5.41) is 1.18. The van der Waals surface area contributed by atoms with Gasteiger partial charge < -0.3 is 18.8 Å². The summed E-state index contributed by atoms with van der Waals surface area (Å²) in [6.45, 7) is 1.18. The number of carbonyl (C=O) groups excluding carboxylic acids is 1. The van der Waals surface area contributed by atoms with E-state index in [2.05, 4.69) is 4.98 Å². The molecule has 2 aromatic heterocycles. The molecule has 0 aliphatic rings. The monoisotopic (exact) mass is 467 g/mol. The molecule has 1 amide bonds. The van der Waals surface area contributed by atoms with Gasteiger partial charge in [-0.2, -0.15) is 0 Å². The Morgan fingerprint density at radius 3 is 2.52 bits per heavy atom. The average molecular weight is 468 g/mol. The Morgan fingerprint density at radius 1 is 1.06 bits per heavy atom. The van der Waals surface area contributed by atoms with Crippen molar-refractivity contribution in [2.24, 2.45) is 0 Å². The van der Waals surface area contributed by atoms with Crippen molar-refractivity contribution in [2.45, 2.75) is 6.42 Å². The minimum Gasteiger partial charge on any atom is -0.493 e. The Balaban J connectivity index is 1.77. The van der Waals surface area contributed by atoms with Crippen LogP contribution in [0.15, 0.2) is 51.7 Å². The Kier molecular flexibility index (Phi) is 6.62. The van der Waals surface area contributed by atoms with Crippen molar-refractivity contribution in [2.75, 3.05) is 46.3 Å². The zero-order chi connectivity index (χ0) is 23.5. The number of benzene rings is 2. The van der Waals surface area contributed by atoms with E-state index in [0.29, 0.717) is 46.1 Å². The molecule has 9 heteroatoms. The molecule has 0 atom stereocenters. The smallest absolute Gasteiger partial charge is 0.349 e. The fourth-order valence-corrected chi connectivity index (χ4v) is 4.54. The van der Waals surface area contributed by atoms with Crippen molar-refractivity contribution in [3.63, 3.8) is 0 Å². The number of para-hydroxylation sites is 1. The van der Waals surface area contributed by atoms with E-state index in [1.165, 1.54) is 11.3 Å². The summed E-state index contributed by atoms with van der Waals surface area (Å²) in [5.41, 5.74) is 0.440.